The van der Waals surface area contributed by atoms with Crippen molar-refractivity contribution in [1.82, 2.24) is 0 Å². The van der Waals surface area contributed by atoms with Crippen LogP contribution in [0.4, 0.5) is 10.1 Å². The van der Waals surface area contributed by atoms with Crippen molar-refractivity contribution >= 4 is 31.3 Å². The van der Waals surface area contributed by atoms with Crippen molar-refractivity contribution in [3.8, 4) is 0 Å². The number of rotatable bonds is 4. The number of amides is 1. The lowest BCUT2D eigenvalue weighted by Crippen LogP contribution is -2.23. The zero-order chi connectivity index (χ0) is 18.9. The maximum atomic E-state index is 12.9. The smallest absolute Gasteiger partial charge is 0.255 e. The van der Waals surface area contributed by atoms with E-state index in [9.17, 15) is 26.0 Å². The quantitative estimate of drug-likeness (QED) is 0.851. The summed E-state index contributed by atoms with van der Waals surface area (Å²) in [6.45, 7) is 0. The van der Waals surface area contributed by atoms with Crippen LogP contribution in [0.5, 0.6) is 0 Å². The average Bonchev–Trinajstić information content (AvgIpc) is 2.98. The predicted molar refractivity (Wildman–Crippen MR) is 95.0 cm³/mol. The second-order valence-electron chi connectivity index (χ2n) is 6.06. The minimum absolute atomic E-state index is 0.0523. The Morgan fingerprint density at radius 1 is 1.12 bits per heavy atom. The maximum absolute atomic E-state index is 12.9. The molecule has 9 heteroatoms. The Hall–Kier alpha value is -2.26. The van der Waals surface area contributed by atoms with E-state index in [-0.39, 0.29) is 22.6 Å². The molecule has 6 nitrogen and oxygen atoms in total. The number of nitrogens with one attached hydrogen (secondary N) is 1. The van der Waals surface area contributed by atoms with E-state index in [4.69, 9.17) is 0 Å². The second kappa shape index (κ2) is 6.81. The van der Waals surface area contributed by atoms with Crippen molar-refractivity contribution in [2.24, 2.45) is 0 Å². The Morgan fingerprint density at radius 3 is 2.42 bits per heavy atom. The molecule has 3 rings (SSSR count). The summed E-state index contributed by atoms with van der Waals surface area (Å²) in [5.41, 5.74) is 0.475. The topological polar surface area (TPSA) is 97.4 Å². The Labute approximate surface area is 150 Å². The number of carbonyl (C=O) groups excluding carboxylic acids is 1. The highest BCUT2D eigenvalue weighted by atomic mass is 32.2. The van der Waals surface area contributed by atoms with Crippen molar-refractivity contribution < 1.29 is 26.0 Å². The minimum atomic E-state index is -3.85. The number of carbonyl (C=O) groups is 1. The fourth-order valence-electron chi connectivity index (χ4n) is 2.75. The van der Waals surface area contributed by atoms with Crippen molar-refractivity contribution in [1.29, 1.82) is 0 Å². The van der Waals surface area contributed by atoms with Gasteiger partial charge in [0.05, 0.1) is 21.7 Å². The van der Waals surface area contributed by atoms with E-state index >= 15 is 0 Å². The molecule has 0 aliphatic carbocycles. The van der Waals surface area contributed by atoms with Crippen molar-refractivity contribution in [3.05, 3.63) is 59.9 Å². The van der Waals surface area contributed by atoms with Gasteiger partial charge >= 0.3 is 0 Å². The van der Waals surface area contributed by atoms with Gasteiger partial charge in [0.15, 0.2) is 19.7 Å². The molecular formula is C17H16FNO5S2. The summed E-state index contributed by atoms with van der Waals surface area (Å²) in [6, 6.07) is 10.6. The second-order valence-corrected chi connectivity index (χ2v) is 10.5. The molecule has 1 fully saturated rings. The first-order valence-corrected chi connectivity index (χ1v) is 11.2. The molecule has 1 amide bonds. The van der Waals surface area contributed by atoms with E-state index in [0.717, 1.165) is 0 Å². The minimum Gasteiger partial charge on any atom is -0.322 e. The van der Waals surface area contributed by atoms with Gasteiger partial charge in [0.1, 0.15) is 5.82 Å². The summed E-state index contributed by atoms with van der Waals surface area (Å²) in [5.74, 6) is -1.54. The predicted octanol–water partition coefficient (Wildman–Crippen LogP) is 2.04. The van der Waals surface area contributed by atoms with E-state index in [0.29, 0.717) is 5.69 Å². The standard InChI is InChI=1S/C17H16FNO5S2/c18-13-4-6-14(7-5-13)19-17(20)12-2-1-3-15(10-12)26(23,24)16-8-9-25(21,22)11-16/h1-7,10,16H,8-9,11H2,(H,19,20). The first-order chi connectivity index (χ1) is 12.2. The van der Waals surface area contributed by atoms with E-state index in [1.807, 2.05) is 0 Å². The van der Waals surface area contributed by atoms with Crippen LogP contribution >= 0.6 is 0 Å². The number of benzene rings is 2. The molecule has 0 spiro atoms. The highest BCUT2D eigenvalue weighted by Gasteiger charge is 2.38. The molecule has 1 saturated heterocycles. The number of hydrogen-bond acceptors (Lipinski definition) is 5. The largest absolute Gasteiger partial charge is 0.322 e. The molecule has 1 heterocycles. The molecule has 2 aromatic rings. The Bertz CT molecular complexity index is 1050. The van der Waals surface area contributed by atoms with E-state index in [1.54, 1.807) is 0 Å². The summed E-state index contributed by atoms with van der Waals surface area (Å²) in [7, 11) is -7.20. The third kappa shape index (κ3) is 3.94. The third-order valence-electron chi connectivity index (χ3n) is 4.16. The normalized spacial score (nSPS) is 19.2. The zero-order valence-electron chi connectivity index (χ0n) is 13.6. The zero-order valence-corrected chi connectivity index (χ0v) is 15.2. The average molecular weight is 397 g/mol. The summed E-state index contributed by atoms with van der Waals surface area (Å²) >= 11 is 0. The van der Waals surface area contributed by atoms with Crippen LogP contribution in [0, 0.1) is 5.82 Å². The molecule has 2 aromatic carbocycles. The molecule has 0 radical (unpaired) electrons. The SMILES string of the molecule is O=C(Nc1ccc(F)cc1)c1cccc(S(=O)(=O)C2CCS(=O)(=O)C2)c1. The molecule has 0 saturated carbocycles. The highest BCUT2D eigenvalue weighted by Crippen LogP contribution is 2.26. The molecule has 1 aliphatic heterocycles. The van der Waals surface area contributed by atoms with Gasteiger partial charge < -0.3 is 5.32 Å². The lowest BCUT2D eigenvalue weighted by Gasteiger charge is -2.11. The van der Waals surface area contributed by atoms with Gasteiger partial charge in [-0.15, -0.1) is 0 Å². The van der Waals surface area contributed by atoms with Gasteiger partial charge in [-0.25, -0.2) is 21.2 Å². The van der Waals surface area contributed by atoms with Gasteiger partial charge in [-0.1, -0.05) is 6.07 Å². The van der Waals surface area contributed by atoms with Crippen molar-refractivity contribution in [2.45, 2.75) is 16.6 Å². The number of sulfone groups is 2. The van der Waals surface area contributed by atoms with Gasteiger partial charge in [0.2, 0.25) is 0 Å². The summed E-state index contributed by atoms with van der Waals surface area (Å²) < 4.78 is 61.4. The van der Waals surface area contributed by atoms with Crippen LogP contribution in [-0.2, 0) is 19.7 Å². The molecule has 1 aliphatic rings. The van der Waals surface area contributed by atoms with Gasteiger partial charge in [-0.3, -0.25) is 4.79 Å². The maximum Gasteiger partial charge on any atom is 0.255 e. The summed E-state index contributed by atoms with van der Waals surface area (Å²) in [6.07, 6.45) is 0.0523. The lowest BCUT2D eigenvalue weighted by atomic mass is 10.2. The fourth-order valence-corrected chi connectivity index (χ4v) is 7.15. The number of halogens is 1. The van der Waals surface area contributed by atoms with Gasteiger partial charge in [0.25, 0.3) is 5.91 Å². The van der Waals surface area contributed by atoms with Crippen molar-refractivity contribution in [3.63, 3.8) is 0 Å². The first-order valence-electron chi connectivity index (χ1n) is 7.79. The molecule has 26 heavy (non-hydrogen) atoms. The van der Waals surface area contributed by atoms with Gasteiger partial charge in [-0.2, -0.15) is 0 Å². The van der Waals surface area contributed by atoms with Gasteiger partial charge in [0, 0.05) is 11.3 Å². The van der Waals surface area contributed by atoms with Crippen LogP contribution in [0.15, 0.2) is 53.4 Å². The summed E-state index contributed by atoms with van der Waals surface area (Å²) in [4.78, 5) is 12.2. The van der Waals surface area contributed by atoms with Crippen molar-refractivity contribution in [2.75, 3.05) is 16.8 Å². The van der Waals surface area contributed by atoms with Crippen LogP contribution in [0.1, 0.15) is 16.8 Å². The van der Waals surface area contributed by atoms with Crippen LogP contribution in [0.2, 0.25) is 0 Å². The third-order valence-corrected chi connectivity index (χ3v) is 8.33. The summed E-state index contributed by atoms with van der Waals surface area (Å²) in [5, 5.41) is 1.55. The van der Waals surface area contributed by atoms with E-state index in [2.05, 4.69) is 5.32 Å². The first kappa shape index (κ1) is 18.5. The fraction of sp³-hybridized carbons (Fsp3) is 0.235. The Balaban J connectivity index is 1.83. The number of anilines is 1. The molecule has 1 unspecified atom stereocenters. The highest BCUT2D eigenvalue weighted by molar-refractivity contribution is 7.96. The molecular weight excluding hydrogens is 381 g/mol. The molecule has 138 valence electrons. The molecule has 0 bridgehead atoms. The number of hydrogen-bond donors (Lipinski definition) is 1. The van der Waals surface area contributed by atoms with E-state index in [1.165, 1.54) is 48.5 Å². The van der Waals surface area contributed by atoms with Crippen LogP contribution in [0.25, 0.3) is 0 Å². The van der Waals surface area contributed by atoms with Crippen LogP contribution in [0.3, 0.4) is 0 Å². The Morgan fingerprint density at radius 2 is 1.81 bits per heavy atom. The van der Waals surface area contributed by atoms with Gasteiger partial charge in [-0.05, 0) is 48.9 Å². The van der Waals surface area contributed by atoms with E-state index < -0.39 is 42.4 Å². The van der Waals surface area contributed by atoms with Crippen LogP contribution < -0.4 is 5.32 Å². The molecule has 1 atom stereocenters. The molecule has 1 N–H and O–H groups in total. The lowest BCUT2D eigenvalue weighted by molar-refractivity contribution is 0.102. The molecule has 0 aromatic heterocycles. The Kier molecular flexibility index (Phi) is 4.85. The van der Waals surface area contributed by atoms with Crippen LogP contribution in [-0.4, -0.2) is 39.5 Å². The monoisotopic (exact) mass is 397 g/mol.